The summed E-state index contributed by atoms with van der Waals surface area (Å²) in [7, 11) is 0. The van der Waals surface area contributed by atoms with Crippen molar-refractivity contribution in [2.75, 3.05) is 13.1 Å². The number of carboxylic acids is 1. The van der Waals surface area contributed by atoms with E-state index in [1.165, 1.54) is 6.07 Å². The zero-order valence-electron chi connectivity index (χ0n) is 11.0. The van der Waals surface area contributed by atoms with Gasteiger partial charge in [0.15, 0.2) is 0 Å². The number of hydrogen-bond donors (Lipinski definition) is 1. The van der Waals surface area contributed by atoms with E-state index in [1.807, 2.05) is 6.92 Å². The normalized spacial score (nSPS) is 22.2. The van der Waals surface area contributed by atoms with Crippen LogP contribution in [-0.4, -0.2) is 35.0 Å². The number of aliphatic carboxylic acids is 1. The minimum absolute atomic E-state index is 0.235. The molecule has 1 fully saturated rings. The molecule has 0 spiro atoms. The van der Waals surface area contributed by atoms with Crippen LogP contribution in [0.5, 0.6) is 0 Å². The van der Waals surface area contributed by atoms with Gasteiger partial charge in [0.1, 0.15) is 4.34 Å². The highest BCUT2D eigenvalue weighted by atomic mass is 35.5. The third kappa shape index (κ3) is 2.80. The van der Waals surface area contributed by atoms with Gasteiger partial charge in [-0.1, -0.05) is 36.5 Å². The van der Waals surface area contributed by atoms with E-state index in [0.717, 1.165) is 17.8 Å². The standard InChI is InChI=1S/C13H15Cl2NO3S/c1-2-3-13(12(18)19)4-5-16(7-13)11(17)8-6-9(14)20-10(8)15/h6H,2-5,7H2,1H3,(H,18,19). The van der Waals surface area contributed by atoms with Gasteiger partial charge in [-0.15, -0.1) is 11.3 Å². The van der Waals surface area contributed by atoms with Crippen LogP contribution >= 0.6 is 34.5 Å². The molecule has 0 saturated carbocycles. The van der Waals surface area contributed by atoms with Crippen molar-refractivity contribution >= 4 is 46.4 Å². The smallest absolute Gasteiger partial charge is 0.311 e. The van der Waals surface area contributed by atoms with Crippen molar-refractivity contribution in [3.05, 3.63) is 20.3 Å². The first-order valence-corrected chi connectivity index (χ1v) is 7.94. The van der Waals surface area contributed by atoms with Crippen molar-refractivity contribution in [2.45, 2.75) is 26.2 Å². The molecule has 2 rings (SSSR count). The molecule has 1 atom stereocenters. The summed E-state index contributed by atoms with van der Waals surface area (Å²) < 4.78 is 0.805. The van der Waals surface area contributed by atoms with Gasteiger partial charge in [0.2, 0.25) is 0 Å². The minimum Gasteiger partial charge on any atom is -0.481 e. The van der Waals surface area contributed by atoms with Crippen LogP contribution < -0.4 is 0 Å². The highest BCUT2D eigenvalue weighted by molar-refractivity contribution is 7.20. The SMILES string of the molecule is CCCC1(C(=O)O)CCN(C(=O)c2cc(Cl)sc2Cl)C1. The molecule has 0 aromatic carbocycles. The van der Waals surface area contributed by atoms with Gasteiger partial charge >= 0.3 is 5.97 Å². The number of hydrogen-bond acceptors (Lipinski definition) is 3. The molecule has 1 amide bonds. The fourth-order valence-electron chi connectivity index (χ4n) is 2.67. The second-order valence-corrected chi connectivity index (χ2v) is 7.34. The maximum atomic E-state index is 12.4. The van der Waals surface area contributed by atoms with Crippen molar-refractivity contribution in [1.29, 1.82) is 0 Å². The maximum Gasteiger partial charge on any atom is 0.311 e. The number of likely N-dealkylation sites (tertiary alicyclic amines) is 1. The van der Waals surface area contributed by atoms with Crippen LogP contribution in [-0.2, 0) is 4.79 Å². The Kier molecular flexibility index (Phi) is 4.62. The molecule has 1 aliphatic heterocycles. The van der Waals surface area contributed by atoms with Crippen LogP contribution in [0.25, 0.3) is 0 Å². The first-order valence-electron chi connectivity index (χ1n) is 6.37. The largest absolute Gasteiger partial charge is 0.481 e. The second-order valence-electron chi connectivity index (χ2n) is 5.05. The molecule has 0 aliphatic carbocycles. The van der Waals surface area contributed by atoms with Gasteiger partial charge in [0.25, 0.3) is 5.91 Å². The Labute approximate surface area is 131 Å². The van der Waals surface area contributed by atoms with E-state index in [4.69, 9.17) is 23.2 Å². The van der Waals surface area contributed by atoms with E-state index in [1.54, 1.807) is 4.90 Å². The number of amides is 1. The molecular weight excluding hydrogens is 321 g/mol. The summed E-state index contributed by atoms with van der Waals surface area (Å²) in [6.07, 6.45) is 1.83. The third-order valence-corrected chi connectivity index (χ3v) is 5.20. The van der Waals surface area contributed by atoms with Crippen LogP contribution in [0.3, 0.4) is 0 Å². The van der Waals surface area contributed by atoms with E-state index in [2.05, 4.69) is 0 Å². The predicted molar refractivity (Wildman–Crippen MR) is 79.8 cm³/mol. The molecule has 110 valence electrons. The Bertz CT molecular complexity index is 546. The van der Waals surface area contributed by atoms with Crippen LogP contribution in [0.15, 0.2) is 6.07 Å². The topological polar surface area (TPSA) is 57.6 Å². The average Bonchev–Trinajstić information content (AvgIpc) is 2.94. The van der Waals surface area contributed by atoms with E-state index in [-0.39, 0.29) is 12.5 Å². The fourth-order valence-corrected chi connectivity index (χ4v) is 4.11. The molecule has 1 saturated heterocycles. The van der Waals surface area contributed by atoms with Crippen LogP contribution in [0.2, 0.25) is 8.67 Å². The van der Waals surface area contributed by atoms with E-state index in [9.17, 15) is 14.7 Å². The summed E-state index contributed by atoms with van der Waals surface area (Å²) in [5.41, 5.74) is -0.462. The molecular formula is C13H15Cl2NO3S. The molecule has 1 aliphatic rings. The molecule has 7 heteroatoms. The van der Waals surface area contributed by atoms with Gasteiger partial charge in [-0.05, 0) is 18.9 Å². The van der Waals surface area contributed by atoms with Crippen molar-refractivity contribution in [2.24, 2.45) is 5.41 Å². The Hall–Kier alpha value is -0.780. The van der Waals surface area contributed by atoms with Gasteiger partial charge in [-0.2, -0.15) is 0 Å². The lowest BCUT2D eigenvalue weighted by molar-refractivity contribution is -0.148. The molecule has 0 radical (unpaired) electrons. The Balaban J connectivity index is 2.18. The number of carbonyl (C=O) groups is 2. The summed E-state index contributed by atoms with van der Waals surface area (Å²) in [4.78, 5) is 25.5. The molecule has 2 heterocycles. The summed E-state index contributed by atoms with van der Waals surface area (Å²) >= 11 is 13.0. The molecule has 1 unspecified atom stereocenters. The number of thiophene rings is 1. The van der Waals surface area contributed by atoms with Crippen molar-refractivity contribution < 1.29 is 14.7 Å². The first-order chi connectivity index (χ1) is 9.39. The second kappa shape index (κ2) is 5.92. The van der Waals surface area contributed by atoms with Crippen molar-refractivity contribution in [1.82, 2.24) is 4.90 Å². The van der Waals surface area contributed by atoms with Crippen molar-refractivity contribution in [3.8, 4) is 0 Å². The molecule has 1 N–H and O–H groups in total. The predicted octanol–water partition coefficient (Wildman–Crippen LogP) is 3.77. The lowest BCUT2D eigenvalue weighted by atomic mass is 9.83. The zero-order chi connectivity index (χ0) is 14.9. The molecule has 1 aromatic heterocycles. The number of carbonyl (C=O) groups excluding carboxylic acids is 1. The number of halogens is 2. The highest BCUT2D eigenvalue weighted by Crippen LogP contribution is 2.38. The zero-order valence-corrected chi connectivity index (χ0v) is 13.3. The molecule has 4 nitrogen and oxygen atoms in total. The van der Waals surface area contributed by atoms with Gasteiger partial charge in [-0.3, -0.25) is 9.59 Å². The van der Waals surface area contributed by atoms with Gasteiger partial charge in [0.05, 0.1) is 15.3 Å². The molecule has 0 bridgehead atoms. The summed E-state index contributed by atoms with van der Waals surface area (Å²) in [5.74, 6) is -1.07. The summed E-state index contributed by atoms with van der Waals surface area (Å²) in [5, 5.41) is 9.44. The molecule has 1 aromatic rings. The Morgan fingerprint density at radius 2 is 2.20 bits per heavy atom. The van der Waals surface area contributed by atoms with E-state index in [0.29, 0.717) is 33.6 Å². The first kappa shape index (κ1) is 15.6. The van der Waals surface area contributed by atoms with Crippen LogP contribution in [0.4, 0.5) is 0 Å². The molecule has 20 heavy (non-hydrogen) atoms. The lowest BCUT2D eigenvalue weighted by Gasteiger charge is -2.24. The Morgan fingerprint density at radius 1 is 1.50 bits per heavy atom. The maximum absolute atomic E-state index is 12.4. The van der Waals surface area contributed by atoms with E-state index < -0.39 is 11.4 Å². The van der Waals surface area contributed by atoms with Gasteiger partial charge < -0.3 is 10.0 Å². The van der Waals surface area contributed by atoms with Gasteiger partial charge in [0, 0.05) is 13.1 Å². The van der Waals surface area contributed by atoms with E-state index >= 15 is 0 Å². The van der Waals surface area contributed by atoms with Crippen LogP contribution in [0.1, 0.15) is 36.5 Å². The third-order valence-electron chi connectivity index (χ3n) is 3.71. The summed E-state index contributed by atoms with van der Waals surface area (Å²) in [6, 6.07) is 1.54. The fraction of sp³-hybridized carbons (Fsp3) is 0.538. The minimum atomic E-state index is -0.830. The monoisotopic (exact) mass is 335 g/mol. The average molecular weight is 336 g/mol. The highest BCUT2D eigenvalue weighted by Gasteiger charge is 2.45. The summed E-state index contributed by atoms with van der Waals surface area (Å²) in [6.45, 7) is 2.62. The number of carboxylic acid groups (broad SMARTS) is 1. The lowest BCUT2D eigenvalue weighted by Crippen LogP contribution is -2.36. The number of rotatable bonds is 4. The Morgan fingerprint density at radius 3 is 2.70 bits per heavy atom. The van der Waals surface area contributed by atoms with Crippen molar-refractivity contribution in [3.63, 3.8) is 0 Å². The van der Waals surface area contributed by atoms with Crippen LogP contribution in [0, 0.1) is 5.41 Å². The number of nitrogens with zero attached hydrogens (tertiary/aromatic N) is 1. The van der Waals surface area contributed by atoms with Gasteiger partial charge in [-0.25, -0.2) is 0 Å². The quantitative estimate of drug-likeness (QED) is 0.910.